The zero-order chi connectivity index (χ0) is 12.5. The van der Waals surface area contributed by atoms with Crippen LogP contribution in [0.25, 0.3) is 5.76 Å². The lowest BCUT2D eigenvalue weighted by molar-refractivity contribution is 0.511. The molecule has 0 spiro atoms. The summed E-state index contributed by atoms with van der Waals surface area (Å²) in [6.07, 6.45) is 4.94. The van der Waals surface area contributed by atoms with E-state index in [1.165, 1.54) is 18.4 Å². The van der Waals surface area contributed by atoms with Crippen molar-refractivity contribution in [3.63, 3.8) is 0 Å². The Bertz CT molecular complexity index is 413. The van der Waals surface area contributed by atoms with Gasteiger partial charge in [-0.15, -0.1) is 0 Å². The van der Waals surface area contributed by atoms with Crippen molar-refractivity contribution in [3.05, 3.63) is 40.4 Å². The monoisotopic (exact) mass is 310 g/mol. The predicted molar refractivity (Wildman–Crippen MR) is 79.3 cm³/mol. The highest BCUT2D eigenvalue weighted by Crippen LogP contribution is 2.35. The van der Waals surface area contributed by atoms with Crippen LogP contribution < -0.4 is 0 Å². The van der Waals surface area contributed by atoms with Crippen molar-refractivity contribution in [2.75, 3.05) is 0 Å². The molecule has 0 aliphatic heterocycles. The minimum absolute atomic E-state index is 0.741. The van der Waals surface area contributed by atoms with Crippen molar-refractivity contribution in [3.8, 4) is 0 Å². The number of rotatable bonds is 4. The second-order valence-corrected chi connectivity index (χ2v) is 10.9. The Kier molecular flexibility index (Phi) is 3.78. The highest BCUT2D eigenvalue weighted by atomic mass is 79.9. The van der Waals surface area contributed by atoms with Gasteiger partial charge in [-0.2, -0.15) is 0 Å². The van der Waals surface area contributed by atoms with Gasteiger partial charge in [0.2, 0.25) is 8.32 Å². The van der Waals surface area contributed by atoms with Gasteiger partial charge in [0.25, 0.3) is 0 Å². The molecule has 0 unspecified atom stereocenters. The van der Waals surface area contributed by atoms with Gasteiger partial charge < -0.3 is 4.43 Å². The third-order valence-corrected chi connectivity index (χ3v) is 3.91. The number of hydrogen-bond acceptors (Lipinski definition) is 1. The molecule has 0 heterocycles. The molecule has 1 aliphatic rings. The van der Waals surface area contributed by atoms with Crippen LogP contribution in [-0.2, 0) is 4.43 Å². The first-order chi connectivity index (χ1) is 7.94. The van der Waals surface area contributed by atoms with Crippen molar-refractivity contribution in [1.29, 1.82) is 0 Å². The highest BCUT2D eigenvalue weighted by Gasteiger charge is 2.23. The summed E-state index contributed by atoms with van der Waals surface area (Å²) in [6, 6.07) is 8.39. The molecule has 0 N–H and O–H groups in total. The van der Waals surface area contributed by atoms with Gasteiger partial charge in [-0.3, -0.25) is 0 Å². The summed E-state index contributed by atoms with van der Waals surface area (Å²) in [5.74, 6) is 1.82. The van der Waals surface area contributed by atoms with E-state index in [1.807, 2.05) is 0 Å². The van der Waals surface area contributed by atoms with Crippen LogP contribution in [0.2, 0.25) is 19.6 Å². The molecule has 1 saturated carbocycles. The Morgan fingerprint density at radius 2 is 1.82 bits per heavy atom. The highest BCUT2D eigenvalue weighted by molar-refractivity contribution is 9.10. The zero-order valence-corrected chi connectivity index (χ0v) is 13.3. The number of hydrogen-bond donors (Lipinski definition) is 0. The minimum atomic E-state index is -1.54. The van der Waals surface area contributed by atoms with E-state index in [1.54, 1.807) is 0 Å². The third kappa shape index (κ3) is 4.32. The van der Waals surface area contributed by atoms with Crippen LogP contribution in [-0.4, -0.2) is 8.32 Å². The molecule has 0 radical (unpaired) electrons. The van der Waals surface area contributed by atoms with E-state index in [-0.39, 0.29) is 0 Å². The van der Waals surface area contributed by atoms with E-state index < -0.39 is 8.32 Å². The normalized spacial score (nSPS) is 17.1. The van der Waals surface area contributed by atoms with E-state index >= 15 is 0 Å². The summed E-state index contributed by atoms with van der Waals surface area (Å²) in [6.45, 7) is 6.69. The first kappa shape index (κ1) is 12.9. The van der Waals surface area contributed by atoms with Gasteiger partial charge >= 0.3 is 0 Å². The SMILES string of the molecule is C[Si](C)(C)O/C(=C\C1CC1)c1ccc(Br)cc1. The minimum Gasteiger partial charge on any atom is -0.544 e. The molecule has 1 aromatic rings. The quantitative estimate of drug-likeness (QED) is 0.558. The van der Waals surface area contributed by atoms with E-state index in [0.29, 0.717) is 0 Å². The molecule has 17 heavy (non-hydrogen) atoms. The molecule has 3 heteroatoms. The Labute approximate surface area is 113 Å². The summed E-state index contributed by atoms with van der Waals surface area (Å²) in [5.41, 5.74) is 1.20. The van der Waals surface area contributed by atoms with Crippen molar-refractivity contribution >= 4 is 30.0 Å². The summed E-state index contributed by atoms with van der Waals surface area (Å²) in [7, 11) is -1.54. The van der Waals surface area contributed by atoms with Crippen LogP contribution in [0.3, 0.4) is 0 Å². The lowest BCUT2D eigenvalue weighted by atomic mass is 10.1. The largest absolute Gasteiger partial charge is 0.544 e. The standard InChI is InChI=1S/C14H19BrOSi/c1-17(2,3)16-14(10-11-4-5-11)12-6-8-13(15)9-7-12/h6-11H,4-5H2,1-3H3/b14-10-. The number of halogens is 1. The molecule has 0 amide bonds. The average molecular weight is 311 g/mol. The lowest BCUT2D eigenvalue weighted by Crippen LogP contribution is -2.24. The Balaban J connectivity index is 2.23. The topological polar surface area (TPSA) is 9.23 Å². The van der Waals surface area contributed by atoms with Gasteiger partial charge in [0.1, 0.15) is 5.76 Å². The van der Waals surface area contributed by atoms with Crippen LogP contribution >= 0.6 is 15.9 Å². The average Bonchev–Trinajstić information content (AvgIpc) is 3.00. The fourth-order valence-corrected chi connectivity index (χ4v) is 2.72. The number of allylic oxidation sites excluding steroid dienone is 1. The third-order valence-electron chi connectivity index (χ3n) is 2.55. The maximum Gasteiger partial charge on any atom is 0.242 e. The van der Waals surface area contributed by atoms with Crippen molar-refractivity contribution in [2.24, 2.45) is 5.92 Å². The first-order valence-corrected chi connectivity index (χ1v) is 10.3. The van der Waals surface area contributed by atoms with Gasteiger partial charge in [-0.1, -0.05) is 28.1 Å². The Morgan fingerprint density at radius 1 is 1.24 bits per heavy atom. The van der Waals surface area contributed by atoms with E-state index in [0.717, 1.165) is 16.1 Å². The molecule has 1 aromatic carbocycles. The number of benzene rings is 1. The molecule has 0 atom stereocenters. The van der Waals surface area contributed by atoms with E-state index in [4.69, 9.17) is 4.43 Å². The van der Waals surface area contributed by atoms with Crippen molar-refractivity contribution < 1.29 is 4.43 Å². The summed E-state index contributed by atoms with van der Waals surface area (Å²) >= 11 is 3.47. The second-order valence-electron chi connectivity index (χ2n) is 5.59. The Morgan fingerprint density at radius 3 is 2.29 bits per heavy atom. The zero-order valence-electron chi connectivity index (χ0n) is 10.7. The second kappa shape index (κ2) is 4.98. The fourth-order valence-electron chi connectivity index (χ4n) is 1.61. The smallest absolute Gasteiger partial charge is 0.242 e. The van der Waals surface area contributed by atoms with Crippen LogP contribution in [0.5, 0.6) is 0 Å². The first-order valence-electron chi connectivity index (χ1n) is 6.11. The molecular formula is C14H19BrOSi. The molecule has 92 valence electrons. The molecule has 0 aromatic heterocycles. The summed E-state index contributed by atoms with van der Waals surface area (Å²) in [4.78, 5) is 0. The van der Waals surface area contributed by atoms with Crippen LogP contribution in [0.15, 0.2) is 34.8 Å². The van der Waals surface area contributed by atoms with Gasteiger partial charge in [0.15, 0.2) is 0 Å². The van der Waals surface area contributed by atoms with Crippen LogP contribution in [0, 0.1) is 5.92 Å². The van der Waals surface area contributed by atoms with Gasteiger partial charge in [-0.05, 0) is 56.6 Å². The van der Waals surface area contributed by atoms with Crippen LogP contribution in [0.1, 0.15) is 18.4 Å². The summed E-state index contributed by atoms with van der Waals surface area (Å²) < 4.78 is 7.31. The maximum atomic E-state index is 6.20. The van der Waals surface area contributed by atoms with Gasteiger partial charge in [0, 0.05) is 10.0 Å². The maximum absolute atomic E-state index is 6.20. The summed E-state index contributed by atoms with van der Waals surface area (Å²) in [5, 5.41) is 0. The predicted octanol–water partition coefficient (Wildman–Crippen LogP) is 5.05. The molecule has 0 saturated heterocycles. The molecular weight excluding hydrogens is 292 g/mol. The molecule has 0 bridgehead atoms. The van der Waals surface area contributed by atoms with E-state index in [9.17, 15) is 0 Å². The Hall–Kier alpha value is -0.543. The fraction of sp³-hybridized carbons (Fsp3) is 0.429. The van der Waals surface area contributed by atoms with Crippen LogP contribution in [0.4, 0.5) is 0 Å². The van der Waals surface area contributed by atoms with Crippen molar-refractivity contribution in [2.45, 2.75) is 32.5 Å². The van der Waals surface area contributed by atoms with Gasteiger partial charge in [-0.25, -0.2) is 0 Å². The molecule has 1 aliphatic carbocycles. The molecule has 1 nitrogen and oxygen atoms in total. The van der Waals surface area contributed by atoms with Gasteiger partial charge in [0.05, 0.1) is 0 Å². The lowest BCUT2D eigenvalue weighted by Gasteiger charge is -2.22. The molecule has 1 fully saturated rings. The molecule has 2 rings (SSSR count). The van der Waals surface area contributed by atoms with E-state index in [2.05, 4.69) is 65.9 Å². The van der Waals surface area contributed by atoms with Crippen molar-refractivity contribution in [1.82, 2.24) is 0 Å².